The molecule has 1 aliphatic heterocycles. The molecule has 0 aromatic heterocycles. The molecule has 1 saturated heterocycles. The van der Waals surface area contributed by atoms with Gasteiger partial charge in [0.15, 0.2) is 5.78 Å². The smallest absolute Gasteiger partial charge is 0.281 e. The number of hydrogen-bond acceptors (Lipinski definition) is 3. The molecular formula is C20H24N2O3S. The summed E-state index contributed by atoms with van der Waals surface area (Å²) in [5.41, 5.74) is 3.36. The van der Waals surface area contributed by atoms with E-state index in [2.05, 4.69) is 12.1 Å². The van der Waals surface area contributed by atoms with Crippen LogP contribution in [0.5, 0.6) is 0 Å². The highest BCUT2D eigenvalue weighted by Crippen LogP contribution is 2.34. The third-order valence-electron chi connectivity index (χ3n) is 5.68. The molecule has 0 spiro atoms. The minimum Gasteiger partial charge on any atom is -0.294 e. The number of Topliss-reactive ketones (excluding diaryl/α,β-unsaturated/α-hetero) is 1. The van der Waals surface area contributed by atoms with Crippen LogP contribution in [0.3, 0.4) is 0 Å². The van der Waals surface area contributed by atoms with Gasteiger partial charge in [0.25, 0.3) is 10.2 Å². The monoisotopic (exact) mass is 372 g/mol. The van der Waals surface area contributed by atoms with Crippen LogP contribution in [-0.4, -0.2) is 50.0 Å². The molecule has 0 bridgehead atoms. The number of piperidine rings is 1. The zero-order chi connectivity index (χ0) is 18.5. The second-order valence-electron chi connectivity index (χ2n) is 7.46. The van der Waals surface area contributed by atoms with Crippen LogP contribution in [0.25, 0.3) is 10.8 Å². The van der Waals surface area contributed by atoms with Gasteiger partial charge in [-0.3, -0.25) is 4.79 Å². The summed E-state index contributed by atoms with van der Waals surface area (Å²) in [4.78, 5) is 13.3. The molecule has 138 valence electrons. The minimum atomic E-state index is -3.48. The summed E-state index contributed by atoms with van der Waals surface area (Å²) in [6.45, 7) is 0.746. The summed E-state index contributed by atoms with van der Waals surface area (Å²) in [6.07, 6.45) is 3.51. The summed E-state index contributed by atoms with van der Waals surface area (Å²) in [5, 5.41) is 2.25. The highest BCUT2D eigenvalue weighted by molar-refractivity contribution is 7.86. The van der Waals surface area contributed by atoms with Gasteiger partial charge in [-0.25, -0.2) is 0 Å². The third-order valence-corrected chi connectivity index (χ3v) is 7.59. The van der Waals surface area contributed by atoms with Crippen molar-refractivity contribution < 1.29 is 13.2 Å². The Labute approximate surface area is 154 Å². The van der Waals surface area contributed by atoms with Gasteiger partial charge < -0.3 is 0 Å². The fraction of sp³-hybridized carbons (Fsp3) is 0.450. The summed E-state index contributed by atoms with van der Waals surface area (Å²) >= 11 is 0. The lowest BCUT2D eigenvalue weighted by Gasteiger charge is -2.33. The Hall–Kier alpha value is -1.76. The highest BCUT2D eigenvalue weighted by atomic mass is 32.2. The number of hydrogen-bond donors (Lipinski definition) is 0. The van der Waals surface area contributed by atoms with Crippen molar-refractivity contribution in [3.8, 4) is 0 Å². The van der Waals surface area contributed by atoms with Crippen LogP contribution in [0.4, 0.5) is 0 Å². The molecule has 5 nitrogen and oxygen atoms in total. The lowest BCUT2D eigenvalue weighted by molar-refractivity contribution is 0.0872. The fourth-order valence-electron chi connectivity index (χ4n) is 4.28. The van der Waals surface area contributed by atoms with Gasteiger partial charge >= 0.3 is 0 Å². The lowest BCUT2D eigenvalue weighted by atomic mass is 9.88. The molecule has 1 atom stereocenters. The standard InChI is InChI=1S/C20H24N2O3S/c1-21(2)26(24,25)22-12-4-6-16(13-22)20(23)18-11-10-15-9-8-14-5-3-7-17(18)19(14)15/h3,5,7,10-11,16H,4,6,8-9,12-13H2,1-2H3/t16-/m1/s1. The highest BCUT2D eigenvalue weighted by Gasteiger charge is 2.34. The number of carbonyl (C=O) groups excluding carboxylic acids is 1. The number of ketones is 1. The van der Waals surface area contributed by atoms with Crippen molar-refractivity contribution in [2.24, 2.45) is 5.92 Å². The molecule has 6 heteroatoms. The van der Waals surface area contributed by atoms with E-state index >= 15 is 0 Å². The second kappa shape index (κ2) is 6.44. The van der Waals surface area contributed by atoms with Gasteiger partial charge in [-0.1, -0.05) is 30.3 Å². The van der Waals surface area contributed by atoms with Crippen molar-refractivity contribution in [2.75, 3.05) is 27.2 Å². The Balaban J connectivity index is 1.68. The summed E-state index contributed by atoms with van der Waals surface area (Å²) < 4.78 is 27.5. The average molecular weight is 372 g/mol. The van der Waals surface area contributed by atoms with E-state index in [0.29, 0.717) is 13.0 Å². The number of rotatable bonds is 4. The fourth-order valence-corrected chi connectivity index (χ4v) is 5.47. The molecule has 2 aliphatic rings. The van der Waals surface area contributed by atoms with E-state index in [1.54, 1.807) is 0 Å². The topological polar surface area (TPSA) is 57.7 Å². The number of aryl methyl sites for hydroxylation is 2. The van der Waals surface area contributed by atoms with E-state index in [1.807, 2.05) is 18.2 Å². The molecule has 0 unspecified atom stereocenters. The maximum absolute atomic E-state index is 13.3. The van der Waals surface area contributed by atoms with Gasteiger partial charge in [-0.2, -0.15) is 17.0 Å². The minimum absolute atomic E-state index is 0.0688. The van der Waals surface area contributed by atoms with E-state index in [9.17, 15) is 13.2 Å². The molecule has 1 aliphatic carbocycles. The van der Waals surface area contributed by atoms with Crippen molar-refractivity contribution in [1.29, 1.82) is 0 Å². The Morgan fingerprint density at radius 2 is 1.85 bits per heavy atom. The maximum atomic E-state index is 13.3. The molecule has 4 rings (SSSR count). The Bertz CT molecular complexity index is 972. The SMILES string of the molecule is CN(C)S(=O)(=O)N1CCC[C@@H](C(=O)c2ccc3c4c(cccc24)CC3)C1. The largest absolute Gasteiger partial charge is 0.294 e. The molecule has 0 N–H and O–H groups in total. The van der Waals surface area contributed by atoms with Crippen LogP contribution in [0, 0.1) is 5.92 Å². The van der Waals surface area contributed by atoms with E-state index in [0.717, 1.165) is 30.2 Å². The summed E-state index contributed by atoms with van der Waals surface area (Å²) in [6, 6.07) is 10.2. The molecule has 0 amide bonds. The molecule has 2 aromatic rings. The molecule has 26 heavy (non-hydrogen) atoms. The predicted octanol–water partition coefficient (Wildman–Crippen LogP) is 2.64. The van der Waals surface area contributed by atoms with Crippen molar-refractivity contribution in [2.45, 2.75) is 25.7 Å². The Morgan fingerprint density at radius 1 is 1.12 bits per heavy atom. The summed E-state index contributed by atoms with van der Waals surface area (Å²) in [7, 11) is -0.417. The summed E-state index contributed by atoms with van der Waals surface area (Å²) in [5.74, 6) is -0.212. The predicted molar refractivity (Wildman–Crippen MR) is 103 cm³/mol. The van der Waals surface area contributed by atoms with Crippen LogP contribution in [-0.2, 0) is 23.1 Å². The van der Waals surface area contributed by atoms with Crippen LogP contribution in [0.1, 0.15) is 34.3 Å². The second-order valence-corrected chi connectivity index (χ2v) is 9.61. The van der Waals surface area contributed by atoms with Crippen molar-refractivity contribution in [1.82, 2.24) is 8.61 Å². The number of nitrogens with zero attached hydrogens (tertiary/aromatic N) is 2. The first-order chi connectivity index (χ1) is 12.4. The van der Waals surface area contributed by atoms with Crippen molar-refractivity contribution in [3.63, 3.8) is 0 Å². The van der Waals surface area contributed by atoms with Crippen molar-refractivity contribution in [3.05, 3.63) is 47.0 Å². The lowest BCUT2D eigenvalue weighted by Crippen LogP contribution is -2.47. The first-order valence-corrected chi connectivity index (χ1v) is 10.5. The van der Waals surface area contributed by atoms with Crippen LogP contribution in [0.2, 0.25) is 0 Å². The quantitative estimate of drug-likeness (QED) is 0.776. The van der Waals surface area contributed by atoms with Gasteiger partial charge in [-0.05, 0) is 47.6 Å². The van der Waals surface area contributed by atoms with Gasteiger partial charge in [0.05, 0.1) is 0 Å². The molecule has 1 fully saturated rings. The first kappa shape index (κ1) is 17.6. The first-order valence-electron chi connectivity index (χ1n) is 9.15. The Kier molecular flexibility index (Phi) is 4.37. The molecule has 0 radical (unpaired) electrons. The average Bonchev–Trinajstić information content (AvgIpc) is 3.06. The van der Waals surface area contributed by atoms with Gasteiger partial charge in [-0.15, -0.1) is 0 Å². The normalized spacial score (nSPS) is 20.8. The van der Waals surface area contributed by atoms with E-state index < -0.39 is 10.2 Å². The Morgan fingerprint density at radius 3 is 2.58 bits per heavy atom. The van der Waals surface area contributed by atoms with E-state index in [1.165, 1.54) is 39.2 Å². The zero-order valence-corrected chi connectivity index (χ0v) is 16.1. The molecule has 2 aromatic carbocycles. The maximum Gasteiger partial charge on any atom is 0.281 e. The van der Waals surface area contributed by atoms with Gasteiger partial charge in [0.1, 0.15) is 0 Å². The van der Waals surface area contributed by atoms with Gasteiger partial charge in [0, 0.05) is 38.7 Å². The zero-order valence-electron chi connectivity index (χ0n) is 15.2. The van der Waals surface area contributed by atoms with Gasteiger partial charge in [0.2, 0.25) is 0 Å². The van der Waals surface area contributed by atoms with Crippen LogP contribution in [0.15, 0.2) is 30.3 Å². The number of benzene rings is 2. The van der Waals surface area contributed by atoms with Crippen molar-refractivity contribution >= 4 is 26.8 Å². The molecule has 1 heterocycles. The van der Waals surface area contributed by atoms with E-state index in [-0.39, 0.29) is 18.2 Å². The number of carbonyl (C=O) groups is 1. The van der Waals surface area contributed by atoms with Crippen LogP contribution >= 0.6 is 0 Å². The molecular weight excluding hydrogens is 348 g/mol. The molecule has 0 saturated carbocycles. The van der Waals surface area contributed by atoms with E-state index in [4.69, 9.17) is 0 Å². The van der Waals surface area contributed by atoms with Crippen LogP contribution < -0.4 is 0 Å². The third kappa shape index (κ3) is 2.76.